The van der Waals surface area contributed by atoms with Crippen LogP contribution in [0.5, 0.6) is 11.5 Å². The number of aryl methyl sites for hydroxylation is 1. The van der Waals surface area contributed by atoms with E-state index in [-0.39, 0.29) is 29.5 Å². The van der Waals surface area contributed by atoms with Gasteiger partial charge in [0.05, 0.1) is 12.0 Å². The number of carbonyl (C=O) groups is 2. The highest BCUT2D eigenvalue weighted by Crippen LogP contribution is 2.29. The van der Waals surface area contributed by atoms with E-state index < -0.39 is 10.8 Å². The van der Waals surface area contributed by atoms with Crippen LogP contribution in [0.1, 0.15) is 16.7 Å². The number of nitrogens with zero attached hydrogens (tertiary/aromatic N) is 2. The second-order valence-electron chi connectivity index (χ2n) is 7.93. The SMILES string of the molecule is COc1cc(/C=C(/C#N)C(=O)Nc2cccc([N+](=O)[O-])c2)ccc1OCC(=O)Nc1cccc(C)c1C. The predicted octanol–water partition coefficient (Wildman–Crippen LogP) is 4.78. The highest BCUT2D eigenvalue weighted by Gasteiger charge is 2.14. The molecule has 0 unspecified atom stereocenters. The van der Waals surface area contributed by atoms with Gasteiger partial charge in [0.25, 0.3) is 17.5 Å². The maximum absolute atomic E-state index is 12.6. The van der Waals surface area contributed by atoms with E-state index in [9.17, 15) is 25.0 Å². The largest absolute Gasteiger partial charge is 0.493 e. The van der Waals surface area contributed by atoms with Crippen molar-refractivity contribution in [2.24, 2.45) is 0 Å². The Morgan fingerprint density at radius 1 is 1.05 bits per heavy atom. The van der Waals surface area contributed by atoms with Crippen LogP contribution in [0.15, 0.2) is 66.2 Å². The fraction of sp³-hybridized carbons (Fsp3) is 0.148. The highest BCUT2D eigenvalue weighted by molar-refractivity contribution is 6.09. The summed E-state index contributed by atoms with van der Waals surface area (Å²) in [6, 6.07) is 17.5. The fourth-order valence-electron chi connectivity index (χ4n) is 3.32. The zero-order chi connectivity index (χ0) is 26.9. The summed E-state index contributed by atoms with van der Waals surface area (Å²) in [5.41, 5.74) is 2.95. The Labute approximate surface area is 213 Å². The van der Waals surface area contributed by atoms with E-state index in [1.165, 1.54) is 37.5 Å². The van der Waals surface area contributed by atoms with Crippen LogP contribution in [0.3, 0.4) is 0 Å². The molecule has 0 bridgehead atoms. The fourth-order valence-corrected chi connectivity index (χ4v) is 3.32. The van der Waals surface area contributed by atoms with Crippen molar-refractivity contribution in [2.75, 3.05) is 24.4 Å². The summed E-state index contributed by atoms with van der Waals surface area (Å²) in [5.74, 6) is -0.477. The van der Waals surface area contributed by atoms with Gasteiger partial charge in [0.1, 0.15) is 11.6 Å². The second-order valence-corrected chi connectivity index (χ2v) is 7.93. The van der Waals surface area contributed by atoms with Crippen molar-refractivity contribution in [3.63, 3.8) is 0 Å². The van der Waals surface area contributed by atoms with E-state index in [1.54, 1.807) is 18.2 Å². The van der Waals surface area contributed by atoms with Gasteiger partial charge in [0, 0.05) is 23.5 Å². The molecule has 0 saturated heterocycles. The van der Waals surface area contributed by atoms with E-state index in [0.29, 0.717) is 22.7 Å². The molecule has 0 saturated carbocycles. The molecular formula is C27H24N4O6. The van der Waals surface area contributed by atoms with Gasteiger partial charge in [-0.15, -0.1) is 0 Å². The minimum atomic E-state index is -0.731. The molecular weight excluding hydrogens is 476 g/mol. The summed E-state index contributed by atoms with van der Waals surface area (Å²) in [4.78, 5) is 35.3. The first-order chi connectivity index (χ1) is 17.7. The number of nitriles is 1. The summed E-state index contributed by atoms with van der Waals surface area (Å²) in [6.07, 6.45) is 1.34. The number of nitrogens with one attached hydrogen (secondary N) is 2. The first kappa shape index (κ1) is 26.4. The number of nitro groups is 1. The van der Waals surface area contributed by atoms with E-state index in [2.05, 4.69) is 10.6 Å². The van der Waals surface area contributed by atoms with Gasteiger partial charge in [0.15, 0.2) is 18.1 Å². The molecule has 2 N–H and O–H groups in total. The van der Waals surface area contributed by atoms with Gasteiger partial charge in [-0.1, -0.05) is 24.3 Å². The monoisotopic (exact) mass is 500 g/mol. The van der Waals surface area contributed by atoms with Crippen LogP contribution < -0.4 is 20.1 Å². The maximum Gasteiger partial charge on any atom is 0.271 e. The number of benzene rings is 3. The van der Waals surface area contributed by atoms with E-state index >= 15 is 0 Å². The molecule has 0 heterocycles. The number of hydrogen-bond acceptors (Lipinski definition) is 7. The Morgan fingerprint density at radius 3 is 2.51 bits per heavy atom. The van der Waals surface area contributed by atoms with Gasteiger partial charge < -0.3 is 20.1 Å². The molecule has 3 aromatic carbocycles. The van der Waals surface area contributed by atoms with Crippen molar-refractivity contribution in [1.82, 2.24) is 0 Å². The Bertz CT molecular complexity index is 1420. The normalized spacial score (nSPS) is 10.7. The van der Waals surface area contributed by atoms with Crippen LogP contribution >= 0.6 is 0 Å². The summed E-state index contributed by atoms with van der Waals surface area (Å²) < 4.78 is 11.0. The standard InChI is InChI=1S/C27H24N4O6/c1-17-6-4-9-23(18(17)2)30-26(32)16-37-24-11-10-19(13-25(24)36-3)12-20(15-28)27(33)29-21-7-5-8-22(14-21)31(34)35/h4-14H,16H2,1-3H3,(H,29,33)(H,30,32)/b20-12-. The smallest absolute Gasteiger partial charge is 0.271 e. The number of anilines is 2. The number of amides is 2. The molecule has 0 aliphatic carbocycles. The van der Waals surface area contributed by atoms with E-state index in [0.717, 1.165) is 11.1 Å². The van der Waals surface area contributed by atoms with E-state index in [1.807, 2.05) is 38.1 Å². The van der Waals surface area contributed by atoms with Gasteiger partial charge in [-0.3, -0.25) is 19.7 Å². The number of non-ortho nitro benzene ring substituents is 1. The first-order valence-electron chi connectivity index (χ1n) is 11.1. The number of carbonyl (C=O) groups excluding carboxylic acids is 2. The third-order valence-corrected chi connectivity index (χ3v) is 5.42. The van der Waals surface area contributed by atoms with Crippen LogP contribution in [0.25, 0.3) is 6.08 Å². The van der Waals surface area contributed by atoms with Crippen molar-refractivity contribution >= 4 is 35.0 Å². The maximum atomic E-state index is 12.6. The topological polar surface area (TPSA) is 144 Å². The van der Waals surface area contributed by atoms with Crippen molar-refractivity contribution < 1.29 is 24.0 Å². The number of hydrogen-bond donors (Lipinski definition) is 2. The highest BCUT2D eigenvalue weighted by atomic mass is 16.6. The Kier molecular flexibility index (Phi) is 8.57. The van der Waals surface area contributed by atoms with Gasteiger partial charge >= 0.3 is 0 Å². The summed E-state index contributed by atoms with van der Waals surface area (Å²) in [5, 5.41) is 25.7. The molecule has 3 aromatic rings. The molecule has 0 aliphatic rings. The van der Waals surface area contributed by atoms with Crippen molar-refractivity contribution in [3.8, 4) is 17.6 Å². The Balaban J connectivity index is 1.70. The molecule has 10 heteroatoms. The van der Waals surface area contributed by atoms with Crippen LogP contribution in [0, 0.1) is 35.3 Å². The zero-order valence-electron chi connectivity index (χ0n) is 20.4. The molecule has 0 aliphatic heterocycles. The Hall–Kier alpha value is -5.17. The van der Waals surface area contributed by atoms with Gasteiger partial charge in [-0.05, 0) is 60.9 Å². The number of methoxy groups -OCH3 is 1. The molecule has 0 fully saturated rings. The molecule has 2 amide bonds. The third-order valence-electron chi connectivity index (χ3n) is 5.42. The third kappa shape index (κ3) is 6.93. The van der Waals surface area contributed by atoms with Crippen molar-refractivity contribution in [1.29, 1.82) is 5.26 Å². The molecule has 0 aromatic heterocycles. The molecule has 0 spiro atoms. The molecule has 3 rings (SSSR count). The Morgan fingerprint density at radius 2 is 1.81 bits per heavy atom. The quantitative estimate of drug-likeness (QED) is 0.186. The number of ether oxygens (including phenoxy) is 2. The minimum Gasteiger partial charge on any atom is -0.493 e. The average molecular weight is 501 g/mol. The molecule has 0 atom stereocenters. The van der Waals surface area contributed by atoms with Gasteiger partial charge in [0.2, 0.25) is 0 Å². The molecule has 10 nitrogen and oxygen atoms in total. The predicted molar refractivity (Wildman–Crippen MR) is 138 cm³/mol. The van der Waals surface area contributed by atoms with Crippen LogP contribution in [0.2, 0.25) is 0 Å². The van der Waals surface area contributed by atoms with Crippen LogP contribution in [-0.4, -0.2) is 30.5 Å². The summed E-state index contributed by atoms with van der Waals surface area (Å²) in [6.45, 7) is 3.62. The second kappa shape index (κ2) is 12.0. The molecule has 188 valence electrons. The van der Waals surface area contributed by atoms with Crippen molar-refractivity contribution in [3.05, 3.63) is 93.0 Å². The molecule has 37 heavy (non-hydrogen) atoms. The summed E-state index contributed by atoms with van der Waals surface area (Å²) in [7, 11) is 1.42. The van der Waals surface area contributed by atoms with Crippen LogP contribution in [-0.2, 0) is 9.59 Å². The number of nitro benzene ring substituents is 1. The average Bonchev–Trinajstić information content (AvgIpc) is 2.89. The molecule has 0 radical (unpaired) electrons. The van der Waals surface area contributed by atoms with Gasteiger partial charge in [-0.2, -0.15) is 5.26 Å². The lowest BCUT2D eigenvalue weighted by molar-refractivity contribution is -0.384. The zero-order valence-corrected chi connectivity index (χ0v) is 20.4. The van der Waals surface area contributed by atoms with Crippen molar-refractivity contribution in [2.45, 2.75) is 13.8 Å². The first-order valence-corrected chi connectivity index (χ1v) is 11.1. The number of rotatable bonds is 9. The van der Waals surface area contributed by atoms with E-state index in [4.69, 9.17) is 9.47 Å². The summed E-state index contributed by atoms with van der Waals surface area (Å²) >= 11 is 0. The van der Waals surface area contributed by atoms with Crippen LogP contribution in [0.4, 0.5) is 17.1 Å². The minimum absolute atomic E-state index is 0.181. The lowest BCUT2D eigenvalue weighted by atomic mass is 10.1. The van der Waals surface area contributed by atoms with Gasteiger partial charge in [-0.25, -0.2) is 0 Å². The lowest BCUT2D eigenvalue weighted by Crippen LogP contribution is -2.21. The lowest BCUT2D eigenvalue weighted by Gasteiger charge is -2.13.